The van der Waals surface area contributed by atoms with Crippen LogP contribution in [0.4, 0.5) is 0 Å². The summed E-state index contributed by atoms with van der Waals surface area (Å²) in [4.78, 5) is 38.9. The van der Waals surface area contributed by atoms with E-state index in [1.807, 2.05) is 34.6 Å². The molecule has 3 heterocycles. The molecule has 8 nitrogen and oxygen atoms in total. The van der Waals surface area contributed by atoms with Gasteiger partial charge in [-0.15, -0.1) is 0 Å². The second-order valence-corrected chi connectivity index (χ2v) is 9.67. The van der Waals surface area contributed by atoms with E-state index in [2.05, 4.69) is 19.3 Å². The number of hydrogen-bond donors (Lipinski definition) is 0. The molecule has 0 aromatic carbocycles. The van der Waals surface area contributed by atoms with Gasteiger partial charge in [0, 0.05) is 25.4 Å². The summed E-state index contributed by atoms with van der Waals surface area (Å²) in [6.45, 7) is 10.0. The zero-order chi connectivity index (χ0) is 20.1. The Balaban J connectivity index is 2.31. The third-order valence-electron chi connectivity index (χ3n) is 4.06. The predicted octanol–water partition coefficient (Wildman–Crippen LogP) is 2.45. The molecule has 0 amide bonds. The lowest BCUT2D eigenvalue weighted by Crippen LogP contribution is -2.38. The Hall–Kier alpha value is -2.07. The highest BCUT2D eigenvalue weighted by molar-refractivity contribution is 8.01. The van der Waals surface area contributed by atoms with Gasteiger partial charge in [-0.2, -0.15) is 4.37 Å². The van der Waals surface area contributed by atoms with Gasteiger partial charge in [-0.25, -0.2) is 19.7 Å². The van der Waals surface area contributed by atoms with Crippen LogP contribution in [0.1, 0.15) is 52.2 Å². The van der Waals surface area contributed by atoms with Crippen LogP contribution in [0.3, 0.4) is 0 Å². The van der Waals surface area contributed by atoms with E-state index in [0.717, 1.165) is 10.4 Å². The molecule has 144 valence electrons. The van der Waals surface area contributed by atoms with Crippen molar-refractivity contribution in [2.45, 2.75) is 55.3 Å². The molecule has 3 aromatic rings. The molecule has 0 N–H and O–H groups in total. The van der Waals surface area contributed by atoms with E-state index in [1.54, 1.807) is 7.05 Å². The molecule has 0 aliphatic carbocycles. The molecule has 0 radical (unpaired) electrons. The van der Waals surface area contributed by atoms with Crippen LogP contribution in [0.15, 0.2) is 19.0 Å². The summed E-state index contributed by atoms with van der Waals surface area (Å²) in [6, 6.07) is 0. The van der Waals surface area contributed by atoms with E-state index in [-0.39, 0.29) is 11.3 Å². The Bertz CT molecular complexity index is 1140. The van der Waals surface area contributed by atoms with Gasteiger partial charge in [0.2, 0.25) is 0 Å². The minimum Gasteiger partial charge on any atom is -0.280 e. The maximum atomic E-state index is 12.8. The molecular weight excluding hydrogens is 384 g/mol. The molecule has 0 unspecified atom stereocenters. The van der Waals surface area contributed by atoms with Gasteiger partial charge >= 0.3 is 5.69 Å². The predicted molar refractivity (Wildman–Crippen MR) is 107 cm³/mol. The molecule has 10 heteroatoms. The summed E-state index contributed by atoms with van der Waals surface area (Å²) in [5.41, 5.74) is -0.839. The van der Waals surface area contributed by atoms with E-state index in [0.29, 0.717) is 26.2 Å². The second-order valence-electron chi connectivity index (χ2n) is 7.68. The lowest BCUT2D eigenvalue weighted by molar-refractivity contribution is 0.539. The van der Waals surface area contributed by atoms with E-state index >= 15 is 0 Å². The normalized spacial score (nSPS) is 12.3. The molecule has 27 heavy (non-hydrogen) atoms. The molecule has 0 saturated heterocycles. The van der Waals surface area contributed by atoms with Crippen molar-refractivity contribution >= 4 is 34.3 Å². The van der Waals surface area contributed by atoms with Crippen LogP contribution in [-0.4, -0.2) is 28.5 Å². The Morgan fingerprint density at radius 3 is 2.26 bits per heavy atom. The molecule has 0 aliphatic heterocycles. The highest BCUT2D eigenvalue weighted by Crippen LogP contribution is 2.33. The van der Waals surface area contributed by atoms with Crippen molar-refractivity contribution in [2.75, 3.05) is 0 Å². The summed E-state index contributed by atoms with van der Waals surface area (Å²) >= 11 is 2.56. The lowest BCUT2D eigenvalue weighted by atomic mass is 9.96. The Kier molecular flexibility index (Phi) is 4.98. The molecule has 0 spiro atoms. The quantitative estimate of drug-likeness (QED) is 0.617. The summed E-state index contributed by atoms with van der Waals surface area (Å²) in [7, 11) is 3.07. The van der Waals surface area contributed by atoms with Gasteiger partial charge in [-0.1, -0.05) is 34.6 Å². The van der Waals surface area contributed by atoms with Crippen LogP contribution >= 0.6 is 23.3 Å². The topological polar surface area (TPSA) is 95.6 Å². The first-order valence-electron chi connectivity index (χ1n) is 8.50. The third-order valence-corrected chi connectivity index (χ3v) is 5.82. The standard InChI is InChI=1S/C17H22N6O2S2/c1-8(2)10-18-15(27-21-10)26-12-9-11(19-14(20-12)17(3,4)5)22(6)16(25)23(7)13(9)24/h8H,1-7H3. The molecule has 0 fully saturated rings. The zero-order valence-corrected chi connectivity index (χ0v) is 18.0. The Morgan fingerprint density at radius 1 is 1.04 bits per heavy atom. The highest BCUT2D eigenvalue weighted by atomic mass is 32.2. The number of aromatic nitrogens is 6. The van der Waals surface area contributed by atoms with Crippen LogP contribution < -0.4 is 11.2 Å². The van der Waals surface area contributed by atoms with Gasteiger partial charge in [0.1, 0.15) is 22.1 Å². The van der Waals surface area contributed by atoms with Gasteiger partial charge in [-0.05, 0) is 23.3 Å². The average Bonchev–Trinajstić information content (AvgIpc) is 3.05. The van der Waals surface area contributed by atoms with Crippen molar-refractivity contribution in [2.24, 2.45) is 14.1 Å². The summed E-state index contributed by atoms with van der Waals surface area (Å²) < 4.78 is 7.53. The summed E-state index contributed by atoms with van der Waals surface area (Å²) in [5.74, 6) is 1.54. The fraction of sp³-hybridized carbons (Fsp3) is 0.529. The van der Waals surface area contributed by atoms with E-state index in [1.165, 1.54) is 34.9 Å². The van der Waals surface area contributed by atoms with Crippen molar-refractivity contribution in [1.82, 2.24) is 28.5 Å². The first kappa shape index (κ1) is 19.7. The van der Waals surface area contributed by atoms with Gasteiger partial charge in [0.05, 0.1) is 0 Å². The lowest BCUT2D eigenvalue weighted by Gasteiger charge is -2.19. The molecule has 0 atom stereocenters. The van der Waals surface area contributed by atoms with Crippen molar-refractivity contribution in [3.05, 3.63) is 32.5 Å². The maximum absolute atomic E-state index is 12.8. The van der Waals surface area contributed by atoms with Crippen molar-refractivity contribution in [3.63, 3.8) is 0 Å². The van der Waals surface area contributed by atoms with Gasteiger partial charge in [0.15, 0.2) is 9.99 Å². The summed E-state index contributed by atoms with van der Waals surface area (Å²) in [5, 5.41) is 0.812. The fourth-order valence-corrected chi connectivity index (χ4v) is 4.19. The van der Waals surface area contributed by atoms with E-state index in [9.17, 15) is 9.59 Å². The highest BCUT2D eigenvalue weighted by Gasteiger charge is 2.24. The average molecular weight is 407 g/mol. The first-order valence-corrected chi connectivity index (χ1v) is 10.1. The largest absolute Gasteiger partial charge is 0.332 e. The van der Waals surface area contributed by atoms with Crippen LogP contribution in [0.25, 0.3) is 11.0 Å². The number of rotatable bonds is 3. The van der Waals surface area contributed by atoms with Crippen LogP contribution in [-0.2, 0) is 19.5 Å². The zero-order valence-electron chi connectivity index (χ0n) is 16.4. The van der Waals surface area contributed by atoms with Crippen LogP contribution in [0, 0.1) is 0 Å². The molecule has 3 rings (SSSR count). The Morgan fingerprint density at radius 2 is 1.70 bits per heavy atom. The number of nitrogens with zero attached hydrogens (tertiary/aromatic N) is 6. The molecule has 0 bridgehead atoms. The van der Waals surface area contributed by atoms with Crippen molar-refractivity contribution < 1.29 is 0 Å². The van der Waals surface area contributed by atoms with E-state index in [4.69, 9.17) is 0 Å². The Labute approximate surface area is 164 Å². The molecule has 0 saturated carbocycles. The minimum atomic E-state index is -0.417. The van der Waals surface area contributed by atoms with Gasteiger partial charge in [-0.3, -0.25) is 13.9 Å². The molecular formula is C17H22N6O2S2. The van der Waals surface area contributed by atoms with Crippen LogP contribution in [0.2, 0.25) is 0 Å². The SMILES string of the molecule is CC(C)c1nsc(Sc2nc(C(C)(C)C)nc3c2c(=O)n(C)c(=O)n3C)n1. The molecule has 0 aliphatic rings. The first-order chi connectivity index (χ1) is 12.5. The second kappa shape index (κ2) is 6.83. The van der Waals surface area contributed by atoms with Gasteiger partial charge in [0.25, 0.3) is 5.56 Å². The smallest absolute Gasteiger partial charge is 0.280 e. The third kappa shape index (κ3) is 3.55. The summed E-state index contributed by atoms with van der Waals surface area (Å²) in [6.07, 6.45) is 0. The van der Waals surface area contributed by atoms with Crippen molar-refractivity contribution in [1.29, 1.82) is 0 Å². The maximum Gasteiger partial charge on any atom is 0.332 e. The minimum absolute atomic E-state index is 0.219. The monoisotopic (exact) mass is 406 g/mol. The molecule has 3 aromatic heterocycles. The van der Waals surface area contributed by atoms with Gasteiger partial charge < -0.3 is 0 Å². The number of hydrogen-bond acceptors (Lipinski definition) is 8. The fourth-order valence-electron chi connectivity index (χ4n) is 2.42. The van der Waals surface area contributed by atoms with Crippen molar-refractivity contribution in [3.8, 4) is 0 Å². The number of aryl methyl sites for hydroxylation is 1. The van der Waals surface area contributed by atoms with Crippen LogP contribution in [0.5, 0.6) is 0 Å². The number of fused-ring (bicyclic) bond motifs is 1. The van der Waals surface area contributed by atoms with E-state index < -0.39 is 11.2 Å².